The zero-order chi connectivity index (χ0) is 13.5. The van der Waals surface area contributed by atoms with Gasteiger partial charge in [0.2, 0.25) is 0 Å². The lowest BCUT2D eigenvalue weighted by molar-refractivity contribution is -0.140. The maximum absolute atomic E-state index is 11.6. The molecule has 2 aromatic rings. The summed E-state index contributed by atoms with van der Waals surface area (Å²) in [6.07, 6.45) is 1.46. The van der Waals surface area contributed by atoms with Gasteiger partial charge >= 0.3 is 5.97 Å². The topological polar surface area (TPSA) is 35.5 Å². The predicted molar refractivity (Wildman–Crippen MR) is 72.6 cm³/mol. The summed E-state index contributed by atoms with van der Waals surface area (Å²) in [6, 6.07) is 16.8. The summed E-state index contributed by atoms with van der Waals surface area (Å²) in [5.41, 5.74) is 1.76. The van der Waals surface area contributed by atoms with Gasteiger partial charge in [0.25, 0.3) is 0 Å². The molecule has 0 aliphatic rings. The summed E-state index contributed by atoms with van der Waals surface area (Å²) < 4.78 is 10.2. The van der Waals surface area contributed by atoms with Crippen molar-refractivity contribution in [2.45, 2.75) is 6.61 Å². The van der Waals surface area contributed by atoms with Crippen LogP contribution in [0.2, 0.25) is 0 Å². The molecule has 3 heteroatoms. The van der Waals surface area contributed by atoms with Gasteiger partial charge in [0.05, 0.1) is 13.5 Å². The number of carbonyl (C=O) groups excluding carboxylic acids is 1. The third-order valence-electron chi connectivity index (χ3n) is 2.62. The highest BCUT2D eigenvalue weighted by atomic mass is 16.5. The van der Waals surface area contributed by atoms with Crippen LogP contribution in [0.15, 0.2) is 54.6 Å². The van der Waals surface area contributed by atoms with Crippen molar-refractivity contribution in [3.05, 3.63) is 72.1 Å². The van der Waals surface area contributed by atoms with Crippen molar-refractivity contribution in [1.29, 1.82) is 0 Å². The molecule has 0 amide bonds. The molecule has 0 fully saturated rings. The van der Waals surface area contributed by atoms with Crippen LogP contribution in [0.5, 0.6) is 5.75 Å². The molecule has 0 N–H and O–H groups in total. The second-order valence-electron chi connectivity index (χ2n) is 4.01. The summed E-state index contributed by atoms with van der Waals surface area (Å²) in [4.78, 5) is 11.6. The highest BCUT2D eigenvalue weighted by Gasteiger charge is 2.06. The minimum atomic E-state index is -0.353. The molecule has 0 aliphatic carbocycles. The Kier molecular flexibility index (Phi) is 4.56. The smallest absolute Gasteiger partial charge is 0.314 e. The van der Waals surface area contributed by atoms with Crippen LogP contribution in [0.3, 0.4) is 0 Å². The molecule has 0 saturated heterocycles. The minimum Gasteiger partial charge on any atom is -0.497 e. The number of rotatable bonds is 5. The summed E-state index contributed by atoms with van der Waals surface area (Å²) in [5, 5.41) is 0. The Labute approximate surface area is 112 Å². The van der Waals surface area contributed by atoms with Gasteiger partial charge in [-0.1, -0.05) is 42.5 Å². The minimum absolute atomic E-state index is 0.284. The molecule has 0 heterocycles. The van der Waals surface area contributed by atoms with E-state index < -0.39 is 0 Å². The summed E-state index contributed by atoms with van der Waals surface area (Å²) in [6.45, 7) is 0.284. The SMILES string of the molecule is COc1ccc([CH]C(=O)OCc2ccccc2)cc1. The van der Waals surface area contributed by atoms with E-state index in [0.29, 0.717) is 0 Å². The van der Waals surface area contributed by atoms with Crippen molar-refractivity contribution >= 4 is 5.97 Å². The molecule has 19 heavy (non-hydrogen) atoms. The Balaban J connectivity index is 1.83. The first-order valence-electron chi connectivity index (χ1n) is 5.97. The molecule has 0 aliphatic heterocycles. The lowest BCUT2D eigenvalue weighted by Crippen LogP contribution is -2.05. The van der Waals surface area contributed by atoms with Gasteiger partial charge in [0.15, 0.2) is 0 Å². The molecule has 0 atom stereocenters. The molecule has 3 nitrogen and oxygen atoms in total. The van der Waals surface area contributed by atoms with Crippen LogP contribution in [0, 0.1) is 6.42 Å². The largest absolute Gasteiger partial charge is 0.497 e. The number of benzene rings is 2. The van der Waals surface area contributed by atoms with Crippen LogP contribution in [-0.4, -0.2) is 13.1 Å². The molecule has 2 aromatic carbocycles. The normalized spacial score (nSPS) is 9.95. The highest BCUT2D eigenvalue weighted by molar-refractivity contribution is 5.83. The highest BCUT2D eigenvalue weighted by Crippen LogP contribution is 2.13. The lowest BCUT2D eigenvalue weighted by atomic mass is 10.1. The molecule has 0 saturated carbocycles. The third kappa shape index (κ3) is 4.14. The first kappa shape index (κ1) is 13.1. The summed E-state index contributed by atoms with van der Waals surface area (Å²) >= 11 is 0. The zero-order valence-corrected chi connectivity index (χ0v) is 10.7. The van der Waals surface area contributed by atoms with E-state index >= 15 is 0 Å². The maximum atomic E-state index is 11.6. The van der Waals surface area contributed by atoms with Gasteiger partial charge in [-0.25, -0.2) is 0 Å². The quantitative estimate of drug-likeness (QED) is 0.770. The van der Waals surface area contributed by atoms with E-state index in [1.54, 1.807) is 19.2 Å². The van der Waals surface area contributed by atoms with Crippen molar-refractivity contribution in [2.75, 3.05) is 7.11 Å². The molecule has 0 spiro atoms. The maximum Gasteiger partial charge on any atom is 0.314 e. The first-order chi connectivity index (χ1) is 9.28. The molecular formula is C16H15O3. The first-order valence-corrected chi connectivity index (χ1v) is 5.97. The van der Waals surface area contributed by atoms with Crippen molar-refractivity contribution < 1.29 is 14.3 Å². The predicted octanol–water partition coefficient (Wildman–Crippen LogP) is 2.99. The standard InChI is InChI=1S/C16H15O3/c1-18-15-9-7-13(8-10-15)11-16(17)19-12-14-5-3-2-4-6-14/h2-11H,12H2,1H3. The van der Waals surface area contributed by atoms with Crippen LogP contribution >= 0.6 is 0 Å². The van der Waals surface area contributed by atoms with E-state index in [2.05, 4.69) is 0 Å². The second kappa shape index (κ2) is 6.59. The number of esters is 1. The molecule has 0 bridgehead atoms. The third-order valence-corrected chi connectivity index (χ3v) is 2.62. The molecular weight excluding hydrogens is 240 g/mol. The van der Waals surface area contributed by atoms with Crippen molar-refractivity contribution in [1.82, 2.24) is 0 Å². The fourth-order valence-corrected chi connectivity index (χ4v) is 1.61. The van der Waals surface area contributed by atoms with Gasteiger partial charge in [-0.2, -0.15) is 0 Å². The van der Waals surface area contributed by atoms with E-state index in [-0.39, 0.29) is 12.6 Å². The Morgan fingerprint density at radius 3 is 2.37 bits per heavy atom. The second-order valence-corrected chi connectivity index (χ2v) is 4.01. The van der Waals surface area contributed by atoms with E-state index in [1.165, 1.54) is 6.42 Å². The Hall–Kier alpha value is -2.29. The average molecular weight is 255 g/mol. The van der Waals surface area contributed by atoms with Gasteiger partial charge in [-0.3, -0.25) is 4.79 Å². The van der Waals surface area contributed by atoms with Gasteiger partial charge in [-0.15, -0.1) is 0 Å². The van der Waals surface area contributed by atoms with Gasteiger partial charge in [0.1, 0.15) is 12.4 Å². The number of hydrogen-bond donors (Lipinski definition) is 0. The molecule has 0 aromatic heterocycles. The van der Waals surface area contributed by atoms with Crippen LogP contribution < -0.4 is 4.74 Å². The van der Waals surface area contributed by atoms with Gasteiger partial charge in [-0.05, 0) is 23.3 Å². The zero-order valence-electron chi connectivity index (χ0n) is 10.7. The molecule has 0 unspecified atom stereocenters. The fraction of sp³-hybridized carbons (Fsp3) is 0.125. The Morgan fingerprint density at radius 1 is 1.05 bits per heavy atom. The van der Waals surface area contributed by atoms with E-state index in [0.717, 1.165) is 16.9 Å². The fourth-order valence-electron chi connectivity index (χ4n) is 1.61. The van der Waals surface area contributed by atoms with Crippen LogP contribution in [0.25, 0.3) is 0 Å². The number of hydrogen-bond acceptors (Lipinski definition) is 3. The van der Waals surface area contributed by atoms with Crippen molar-refractivity contribution in [3.63, 3.8) is 0 Å². The van der Waals surface area contributed by atoms with E-state index in [1.807, 2.05) is 42.5 Å². The number of ether oxygens (including phenoxy) is 2. The number of carbonyl (C=O) groups is 1. The van der Waals surface area contributed by atoms with E-state index in [4.69, 9.17) is 9.47 Å². The van der Waals surface area contributed by atoms with Gasteiger partial charge < -0.3 is 9.47 Å². The van der Waals surface area contributed by atoms with E-state index in [9.17, 15) is 4.79 Å². The van der Waals surface area contributed by atoms with Crippen LogP contribution in [0.1, 0.15) is 11.1 Å². The molecule has 1 radical (unpaired) electrons. The average Bonchev–Trinajstić information content (AvgIpc) is 2.47. The summed E-state index contributed by atoms with van der Waals surface area (Å²) in [5.74, 6) is 0.406. The van der Waals surface area contributed by atoms with Crippen LogP contribution in [-0.2, 0) is 16.1 Å². The Morgan fingerprint density at radius 2 is 1.74 bits per heavy atom. The van der Waals surface area contributed by atoms with Crippen LogP contribution in [0.4, 0.5) is 0 Å². The summed E-state index contributed by atoms with van der Waals surface area (Å²) in [7, 11) is 1.60. The van der Waals surface area contributed by atoms with Gasteiger partial charge in [0, 0.05) is 0 Å². The molecule has 97 valence electrons. The van der Waals surface area contributed by atoms with Crippen molar-refractivity contribution in [3.8, 4) is 5.75 Å². The lowest BCUT2D eigenvalue weighted by Gasteiger charge is -2.05. The van der Waals surface area contributed by atoms with Crippen molar-refractivity contribution in [2.24, 2.45) is 0 Å². The Bertz CT molecular complexity index is 517. The monoisotopic (exact) mass is 255 g/mol. The molecule has 2 rings (SSSR count). The number of methoxy groups -OCH3 is 1.